The van der Waals surface area contributed by atoms with Gasteiger partial charge in [-0.1, -0.05) is 0 Å². The third-order valence-corrected chi connectivity index (χ3v) is 1.87. The Kier molecular flexibility index (Phi) is 3.58. The third-order valence-electron chi connectivity index (χ3n) is 1.60. The van der Waals surface area contributed by atoms with Crippen molar-refractivity contribution in [1.82, 2.24) is 4.98 Å². The van der Waals surface area contributed by atoms with Gasteiger partial charge in [0.15, 0.2) is 17.8 Å². The smallest absolute Gasteiger partial charge is 0.503 e. The van der Waals surface area contributed by atoms with Crippen molar-refractivity contribution in [2.24, 2.45) is 0 Å². The number of aldehydes is 1. The maximum atomic E-state index is 12.0. The summed E-state index contributed by atoms with van der Waals surface area (Å²) in [4.78, 5) is 13.9. The minimum absolute atomic E-state index is 0.223. The van der Waals surface area contributed by atoms with Crippen molar-refractivity contribution in [3.63, 3.8) is 0 Å². The van der Waals surface area contributed by atoms with Crippen LogP contribution in [0.1, 0.15) is 16.1 Å². The summed E-state index contributed by atoms with van der Waals surface area (Å²) in [6.45, 7) is 0. The molecule has 1 aromatic rings. The average Bonchev–Trinajstić information content (AvgIpc) is 2.19. The number of aromatic hydroxyl groups is 1. The van der Waals surface area contributed by atoms with Crippen molar-refractivity contribution in [2.75, 3.05) is 0 Å². The molecular weight excluding hydrogens is 251 g/mol. The SMILES string of the molecule is O=Cc1ncc(O)c(OC(F)(F)F)c1CCl. The van der Waals surface area contributed by atoms with Gasteiger partial charge in [0, 0.05) is 5.56 Å². The van der Waals surface area contributed by atoms with E-state index in [4.69, 9.17) is 16.7 Å². The molecule has 1 aromatic heterocycles. The molecule has 0 atom stereocenters. The predicted octanol–water partition coefficient (Wildman–Crippen LogP) is 2.24. The number of nitrogens with zero attached hydrogens (tertiary/aromatic N) is 1. The molecule has 4 nitrogen and oxygen atoms in total. The van der Waals surface area contributed by atoms with Crippen LogP contribution in [-0.2, 0) is 5.88 Å². The molecule has 0 amide bonds. The fraction of sp³-hybridized carbons (Fsp3) is 0.250. The number of ether oxygens (including phenoxy) is 1. The Morgan fingerprint density at radius 2 is 2.19 bits per heavy atom. The monoisotopic (exact) mass is 255 g/mol. The first-order valence-electron chi connectivity index (χ1n) is 3.86. The largest absolute Gasteiger partial charge is 0.573 e. The zero-order valence-corrected chi connectivity index (χ0v) is 8.34. The van der Waals surface area contributed by atoms with Crippen LogP contribution in [0.2, 0.25) is 0 Å². The summed E-state index contributed by atoms with van der Waals surface area (Å²) in [5, 5.41) is 9.14. The van der Waals surface area contributed by atoms with E-state index in [1.807, 2.05) is 0 Å². The van der Waals surface area contributed by atoms with E-state index < -0.39 is 23.7 Å². The van der Waals surface area contributed by atoms with Crippen LogP contribution in [0.3, 0.4) is 0 Å². The first-order valence-corrected chi connectivity index (χ1v) is 4.40. The topological polar surface area (TPSA) is 59.4 Å². The molecule has 0 fully saturated rings. The Bertz CT molecular complexity index is 408. The van der Waals surface area contributed by atoms with Crippen LogP contribution < -0.4 is 4.74 Å². The van der Waals surface area contributed by atoms with Crippen LogP contribution in [0, 0.1) is 0 Å². The standard InChI is InChI=1S/C8H5ClF3NO3/c9-1-4-5(3-14)13-2-6(15)7(4)16-8(10,11)12/h2-3,15H,1H2. The molecule has 1 heterocycles. The van der Waals surface area contributed by atoms with Gasteiger partial charge in [-0.05, 0) is 0 Å². The van der Waals surface area contributed by atoms with Gasteiger partial charge in [-0.2, -0.15) is 0 Å². The highest BCUT2D eigenvalue weighted by Crippen LogP contribution is 2.35. The van der Waals surface area contributed by atoms with E-state index in [2.05, 4.69) is 9.72 Å². The number of hydrogen-bond donors (Lipinski definition) is 1. The number of aromatic nitrogens is 1. The van der Waals surface area contributed by atoms with Gasteiger partial charge in [0.1, 0.15) is 5.69 Å². The highest BCUT2D eigenvalue weighted by Gasteiger charge is 2.34. The lowest BCUT2D eigenvalue weighted by Gasteiger charge is -2.13. The van der Waals surface area contributed by atoms with E-state index >= 15 is 0 Å². The fourth-order valence-electron chi connectivity index (χ4n) is 0.998. The first-order chi connectivity index (χ1) is 7.39. The fourth-order valence-corrected chi connectivity index (χ4v) is 1.26. The van der Waals surface area contributed by atoms with E-state index in [0.29, 0.717) is 6.20 Å². The molecule has 0 radical (unpaired) electrons. The van der Waals surface area contributed by atoms with E-state index in [-0.39, 0.29) is 17.5 Å². The number of pyridine rings is 1. The second-order valence-electron chi connectivity index (χ2n) is 2.64. The van der Waals surface area contributed by atoms with Crippen molar-refractivity contribution < 1.29 is 27.8 Å². The molecule has 0 saturated carbocycles. The lowest BCUT2D eigenvalue weighted by atomic mass is 10.2. The Balaban J connectivity index is 3.29. The molecule has 1 N–H and O–H groups in total. The quantitative estimate of drug-likeness (QED) is 0.665. The lowest BCUT2D eigenvalue weighted by molar-refractivity contribution is -0.275. The molecule has 8 heteroatoms. The van der Waals surface area contributed by atoms with E-state index in [9.17, 15) is 18.0 Å². The lowest BCUT2D eigenvalue weighted by Crippen LogP contribution is -2.18. The van der Waals surface area contributed by atoms with Crippen LogP contribution in [-0.4, -0.2) is 22.7 Å². The van der Waals surface area contributed by atoms with Crippen LogP contribution in [0.5, 0.6) is 11.5 Å². The van der Waals surface area contributed by atoms with Gasteiger partial charge in [0.05, 0.1) is 12.1 Å². The summed E-state index contributed by atoms with van der Waals surface area (Å²) in [6.07, 6.45) is -4.08. The molecule has 0 unspecified atom stereocenters. The molecule has 0 aliphatic carbocycles. The zero-order valence-electron chi connectivity index (χ0n) is 7.58. The number of alkyl halides is 4. The number of carbonyl (C=O) groups is 1. The Hall–Kier alpha value is -1.50. The van der Waals surface area contributed by atoms with E-state index in [0.717, 1.165) is 0 Å². The summed E-state index contributed by atoms with van der Waals surface area (Å²) in [6, 6.07) is 0. The number of hydrogen-bond acceptors (Lipinski definition) is 4. The summed E-state index contributed by atoms with van der Waals surface area (Å²) in [7, 11) is 0. The summed E-state index contributed by atoms with van der Waals surface area (Å²) >= 11 is 5.36. The van der Waals surface area contributed by atoms with E-state index in [1.54, 1.807) is 0 Å². The maximum Gasteiger partial charge on any atom is 0.573 e. The van der Waals surface area contributed by atoms with Crippen LogP contribution in [0.15, 0.2) is 6.20 Å². The molecule has 0 aromatic carbocycles. The summed E-state index contributed by atoms with van der Waals surface area (Å²) in [5.74, 6) is -2.18. The molecule has 0 saturated heterocycles. The predicted molar refractivity (Wildman–Crippen MR) is 47.5 cm³/mol. The minimum atomic E-state index is -4.99. The number of rotatable bonds is 3. The number of carbonyl (C=O) groups excluding carboxylic acids is 1. The molecule has 0 bridgehead atoms. The van der Waals surface area contributed by atoms with Crippen molar-refractivity contribution in [1.29, 1.82) is 0 Å². The maximum absolute atomic E-state index is 12.0. The molecule has 0 spiro atoms. The average molecular weight is 256 g/mol. The highest BCUT2D eigenvalue weighted by molar-refractivity contribution is 6.17. The van der Waals surface area contributed by atoms with Crippen molar-refractivity contribution in [3.05, 3.63) is 17.5 Å². The Labute approximate surface area is 92.6 Å². The minimum Gasteiger partial charge on any atom is -0.503 e. The van der Waals surface area contributed by atoms with Gasteiger partial charge >= 0.3 is 6.36 Å². The second kappa shape index (κ2) is 4.56. The van der Waals surface area contributed by atoms with E-state index in [1.165, 1.54) is 0 Å². The van der Waals surface area contributed by atoms with Gasteiger partial charge in [0.2, 0.25) is 0 Å². The van der Waals surface area contributed by atoms with Gasteiger partial charge in [-0.15, -0.1) is 24.8 Å². The van der Waals surface area contributed by atoms with Crippen molar-refractivity contribution in [3.8, 4) is 11.5 Å². The third kappa shape index (κ3) is 2.75. The van der Waals surface area contributed by atoms with Gasteiger partial charge in [-0.3, -0.25) is 4.79 Å². The number of halogens is 4. The molecular formula is C8H5ClF3NO3. The molecule has 88 valence electrons. The van der Waals surface area contributed by atoms with Crippen LogP contribution in [0.4, 0.5) is 13.2 Å². The van der Waals surface area contributed by atoms with Crippen molar-refractivity contribution >= 4 is 17.9 Å². The zero-order chi connectivity index (χ0) is 12.3. The van der Waals surface area contributed by atoms with Crippen LogP contribution >= 0.6 is 11.6 Å². The first kappa shape index (κ1) is 12.6. The molecule has 16 heavy (non-hydrogen) atoms. The second-order valence-corrected chi connectivity index (χ2v) is 2.90. The van der Waals surface area contributed by atoms with Crippen molar-refractivity contribution in [2.45, 2.75) is 12.2 Å². The summed E-state index contributed by atoms with van der Waals surface area (Å²) < 4.78 is 39.5. The highest BCUT2D eigenvalue weighted by atomic mass is 35.5. The molecule has 1 rings (SSSR count). The summed E-state index contributed by atoms with van der Waals surface area (Å²) in [5.41, 5.74) is -0.624. The molecule has 0 aliphatic rings. The molecule has 0 aliphatic heterocycles. The Morgan fingerprint density at radius 1 is 1.56 bits per heavy atom. The Morgan fingerprint density at radius 3 is 2.62 bits per heavy atom. The van der Waals surface area contributed by atoms with Gasteiger partial charge < -0.3 is 9.84 Å². The van der Waals surface area contributed by atoms with Gasteiger partial charge in [-0.25, -0.2) is 4.98 Å². The van der Waals surface area contributed by atoms with Gasteiger partial charge in [0.25, 0.3) is 0 Å². The normalized spacial score (nSPS) is 11.2. The van der Waals surface area contributed by atoms with Crippen LogP contribution in [0.25, 0.3) is 0 Å².